The largest absolute Gasteiger partial charge is 0.495 e. The van der Waals surface area contributed by atoms with E-state index in [1.54, 1.807) is 31.7 Å². The number of amides is 1. The number of likely N-dealkylation sites (N-methyl/N-ethyl adjacent to an activating group) is 1. The standard InChI is InChI=1S/C22H29N3O4S/c1-22(2,3)23-30(27,28)20-14-16(10-11-19(20)29-5)21(26)25-13-12-24(4)18-9-7-6-8-17(18)15-25/h6-11,14,23H,12-13,15H2,1-5H3. The Bertz CT molecular complexity index is 1040. The van der Waals surface area contributed by atoms with Crippen molar-refractivity contribution >= 4 is 21.6 Å². The van der Waals surface area contributed by atoms with E-state index >= 15 is 0 Å². The van der Waals surface area contributed by atoms with Gasteiger partial charge in [0.25, 0.3) is 5.91 Å². The fourth-order valence-corrected chi connectivity index (χ4v) is 5.14. The average Bonchev–Trinajstić information content (AvgIpc) is 2.84. The highest BCUT2D eigenvalue weighted by Gasteiger charge is 2.28. The van der Waals surface area contributed by atoms with Gasteiger partial charge in [-0.05, 0) is 50.6 Å². The molecule has 0 fully saturated rings. The van der Waals surface area contributed by atoms with Crippen molar-refractivity contribution in [3.8, 4) is 5.75 Å². The maximum atomic E-state index is 13.3. The Kier molecular flexibility index (Phi) is 6.10. The number of hydrogen-bond acceptors (Lipinski definition) is 5. The van der Waals surface area contributed by atoms with Gasteiger partial charge in [0.05, 0.1) is 7.11 Å². The monoisotopic (exact) mass is 431 g/mol. The van der Waals surface area contributed by atoms with Gasteiger partial charge >= 0.3 is 0 Å². The molecular formula is C22H29N3O4S. The van der Waals surface area contributed by atoms with Crippen LogP contribution in [0.4, 0.5) is 5.69 Å². The van der Waals surface area contributed by atoms with E-state index in [9.17, 15) is 13.2 Å². The Morgan fingerprint density at radius 2 is 1.80 bits per heavy atom. The van der Waals surface area contributed by atoms with Crippen molar-refractivity contribution in [3.63, 3.8) is 0 Å². The van der Waals surface area contributed by atoms with Crippen LogP contribution in [0.1, 0.15) is 36.7 Å². The normalized spacial score (nSPS) is 14.8. The number of benzene rings is 2. The summed E-state index contributed by atoms with van der Waals surface area (Å²) in [6.45, 7) is 6.98. The Morgan fingerprint density at radius 1 is 1.10 bits per heavy atom. The highest BCUT2D eigenvalue weighted by molar-refractivity contribution is 7.89. The molecule has 7 nitrogen and oxygen atoms in total. The first kappa shape index (κ1) is 22.1. The molecule has 0 radical (unpaired) electrons. The van der Waals surface area contributed by atoms with E-state index < -0.39 is 15.6 Å². The van der Waals surface area contributed by atoms with E-state index in [0.29, 0.717) is 25.2 Å². The molecular weight excluding hydrogens is 402 g/mol. The van der Waals surface area contributed by atoms with Crippen molar-refractivity contribution in [1.82, 2.24) is 9.62 Å². The molecule has 0 aromatic heterocycles. The molecule has 0 atom stereocenters. The lowest BCUT2D eigenvalue weighted by atomic mass is 10.1. The van der Waals surface area contributed by atoms with Gasteiger partial charge in [0.15, 0.2) is 0 Å². The molecule has 3 rings (SSSR count). The van der Waals surface area contributed by atoms with Crippen molar-refractivity contribution in [2.24, 2.45) is 0 Å². The molecule has 8 heteroatoms. The number of ether oxygens (including phenoxy) is 1. The number of anilines is 1. The van der Waals surface area contributed by atoms with Gasteiger partial charge in [-0.1, -0.05) is 18.2 Å². The highest BCUT2D eigenvalue weighted by atomic mass is 32.2. The third-order valence-corrected chi connectivity index (χ3v) is 6.68. The average molecular weight is 432 g/mol. The molecule has 2 aromatic rings. The number of sulfonamides is 1. The van der Waals surface area contributed by atoms with Gasteiger partial charge in [0, 0.05) is 43.5 Å². The van der Waals surface area contributed by atoms with Gasteiger partial charge < -0.3 is 14.5 Å². The quantitative estimate of drug-likeness (QED) is 0.805. The molecule has 2 aromatic carbocycles. The predicted molar refractivity (Wildman–Crippen MR) is 118 cm³/mol. The Hall–Kier alpha value is -2.58. The fourth-order valence-electron chi connectivity index (χ4n) is 3.53. The number of carbonyl (C=O) groups is 1. The maximum absolute atomic E-state index is 13.3. The van der Waals surface area contributed by atoms with Gasteiger partial charge in [-0.3, -0.25) is 4.79 Å². The zero-order chi connectivity index (χ0) is 22.1. The zero-order valence-electron chi connectivity index (χ0n) is 18.1. The van der Waals surface area contributed by atoms with Gasteiger partial charge in [-0.2, -0.15) is 0 Å². The minimum atomic E-state index is -3.87. The SMILES string of the molecule is COc1ccc(C(=O)N2CCN(C)c3ccccc3C2)cc1S(=O)(=O)NC(C)(C)C. The summed E-state index contributed by atoms with van der Waals surface area (Å²) >= 11 is 0. The van der Waals surface area contributed by atoms with E-state index in [1.165, 1.54) is 19.2 Å². The summed E-state index contributed by atoms with van der Waals surface area (Å²) < 4.78 is 33.7. The number of nitrogens with zero attached hydrogens (tertiary/aromatic N) is 2. The molecule has 1 aliphatic rings. The second-order valence-electron chi connectivity index (χ2n) is 8.50. The highest BCUT2D eigenvalue weighted by Crippen LogP contribution is 2.28. The fraction of sp³-hybridized carbons (Fsp3) is 0.409. The lowest BCUT2D eigenvalue weighted by Crippen LogP contribution is -2.40. The van der Waals surface area contributed by atoms with Gasteiger partial charge in [-0.25, -0.2) is 13.1 Å². The minimum absolute atomic E-state index is 0.0434. The van der Waals surface area contributed by atoms with Crippen molar-refractivity contribution in [2.45, 2.75) is 37.8 Å². The Morgan fingerprint density at radius 3 is 2.47 bits per heavy atom. The number of nitrogens with one attached hydrogen (secondary N) is 1. The smallest absolute Gasteiger partial charge is 0.254 e. The van der Waals surface area contributed by atoms with Crippen LogP contribution in [0.15, 0.2) is 47.4 Å². The molecule has 0 spiro atoms. The minimum Gasteiger partial charge on any atom is -0.495 e. The summed E-state index contributed by atoms with van der Waals surface area (Å²) in [5, 5.41) is 0. The van der Waals surface area contributed by atoms with Crippen molar-refractivity contribution in [3.05, 3.63) is 53.6 Å². The summed E-state index contributed by atoms with van der Waals surface area (Å²) in [6.07, 6.45) is 0. The third-order valence-electron chi connectivity index (χ3n) is 4.90. The second-order valence-corrected chi connectivity index (χ2v) is 10.1. The number of hydrogen-bond donors (Lipinski definition) is 1. The van der Waals surface area contributed by atoms with Crippen molar-refractivity contribution in [1.29, 1.82) is 0 Å². The van der Waals surface area contributed by atoms with Crippen LogP contribution in [0.5, 0.6) is 5.75 Å². The van der Waals surface area contributed by atoms with Crippen LogP contribution in [0, 0.1) is 0 Å². The summed E-state index contributed by atoms with van der Waals surface area (Å²) in [5.74, 6) is -0.0146. The van der Waals surface area contributed by atoms with Gasteiger partial charge in [0.2, 0.25) is 10.0 Å². The molecule has 1 aliphatic heterocycles. The molecule has 1 heterocycles. The van der Waals surface area contributed by atoms with Crippen LogP contribution in [0.25, 0.3) is 0 Å². The number of fused-ring (bicyclic) bond motifs is 1. The van der Waals surface area contributed by atoms with E-state index in [-0.39, 0.29) is 16.6 Å². The summed E-state index contributed by atoms with van der Waals surface area (Å²) in [4.78, 5) is 17.1. The molecule has 0 saturated heterocycles. The van der Waals surface area contributed by atoms with E-state index in [2.05, 4.69) is 9.62 Å². The molecule has 30 heavy (non-hydrogen) atoms. The topological polar surface area (TPSA) is 79.0 Å². The lowest BCUT2D eigenvalue weighted by Gasteiger charge is -2.23. The summed E-state index contributed by atoms with van der Waals surface area (Å²) in [7, 11) is -0.452. The van der Waals surface area contributed by atoms with E-state index in [4.69, 9.17) is 4.74 Å². The lowest BCUT2D eigenvalue weighted by molar-refractivity contribution is 0.0751. The molecule has 0 unspecified atom stereocenters. The third kappa shape index (κ3) is 4.76. The van der Waals surface area contributed by atoms with Crippen LogP contribution >= 0.6 is 0 Å². The number of carbonyl (C=O) groups excluding carboxylic acids is 1. The zero-order valence-corrected chi connectivity index (χ0v) is 18.9. The first-order chi connectivity index (χ1) is 14.0. The number of para-hydroxylation sites is 1. The van der Waals surface area contributed by atoms with Crippen LogP contribution in [-0.2, 0) is 16.6 Å². The second kappa shape index (κ2) is 8.28. The van der Waals surface area contributed by atoms with Crippen LogP contribution in [0.3, 0.4) is 0 Å². The van der Waals surface area contributed by atoms with Crippen LogP contribution < -0.4 is 14.4 Å². The van der Waals surface area contributed by atoms with Crippen LogP contribution in [-0.4, -0.2) is 52.0 Å². The summed E-state index contributed by atoms with van der Waals surface area (Å²) in [6, 6.07) is 12.5. The maximum Gasteiger partial charge on any atom is 0.254 e. The predicted octanol–water partition coefficient (Wildman–Crippen LogP) is 2.86. The van der Waals surface area contributed by atoms with E-state index in [1.807, 2.05) is 31.3 Å². The first-order valence-electron chi connectivity index (χ1n) is 9.82. The molecule has 1 amide bonds. The number of methoxy groups -OCH3 is 1. The van der Waals surface area contributed by atoms with E-state index in [0.717, 1.165) is 11.3 Å². The Labute approximate surface area is 178 Å². The number of rotatable bonds is 4. The summed E-state index contributed by atoms with van der Waals surface area (Å²) in [5.41, 5.74) is 1.80. The van der Waals surface area contributed by atoms with Crippen molar-refractivity contribution in [2.75, 3.05) is 32.1 Å². The molecule has 0 aliphatic carbocycles. The van der Waals surface area contributed by atoms with Gasteiger partial charge in [-0.15, -0.1) is 0 Å². The van der Waals surface area contributed by atoms with Crippen LogP contribution in [0.2, 0.25) is 0 Å². The van der Waals surface area contributed by atoms with Crippen molar-refractivity contribution < 1.29 is 17.9 Å². The molecule has 0 bridgehead atoms. The molecule has 1 N–H and O–H groups in total. The van der Waals surface area contributed by atoms with Gasteiger partial charge in [0.1, 0.15) is 10.6 Å². The molecule has 0 saturated carbocycles. The first-order valence-corrected chi connectivity index (χ1v) is 11.3. The molecule has 162 valence electrons. The Balaban J connectivity index is 1.96.